The molecule has 100 valence electrons. The van der Waals surface area contributed by atoms with Crippen molar-refractivity contribution in [1.29, 1.82) is 0 Å². The highest BCUT2D eigenvalue weighted by molar-refractivity contribution is 9.10. The lowest BCUT2D eigenvalue weighted by atomic mass is 10.2. The Morgan fingerprint density at radius 1 is 1.20 bits per heavy atom. The first-order chi connectivity index (χ1) is 9.56. The van der Waals surface area contributed by atoms with E-state index in [2.05, 4.69) is 20.9 Å². The van der Waals surface area contributed by atoms with Gasteiger partial charge in [0.15, 0.2) is 5.82 Å². The van der Waals surface area contributed by atoms with Crippen LogP contribution in [0.15, 0.2) is 46.9 Å². The van der Waals surface area contributed by atoms with Crippen molar-refractivity contribution < 1.29 is 10.1 Å². The maximum Gasteiger partial charge on any atom is 0.271 e. The van der Waals surface area contributed by atoms with Crippen LogP contribution in [-0.2, 0) is 0 Å². The van der Waals surface area contributed by atoms with Gasteiger partial charge in [-0.25, -0.2) is 4.98 Å². The van der Waals surface area contributed by atoms with Gasteiger partial charge in [0.1, 0.15) is 5.52 Å². The zero-order valence-corrected chi connectivity index (χ0v) is 11.6. The third kappa shape index (κ3) is 2.01. The fraction of sp³-hybridized carbons (Fsp3) is 0. The summed E-state index contributed by atoms with van der Waals surface area (Å²) in [5, 5.41) is 20.9. The van der Waals surface area contributed by atoms with Crippen LogP contribution in [0.5, 0.6) is 0 Å². The van der Waals surface area contributed by atoms with Crippen molar-refractivity contribution in [2.24, 2.45) is 0 Å². The number of hydrogen-bond acceptors (Lipinski definition) is 4. The molecule has 0 amide bonds. The zero-order valence-electron chi connectivity index (χ0n) is 10.0. The standard InChI is InChI=1S/C13H8BrN3O3/c14-9-3-1-8(2-4-9)13-15-11-6-5-10(17(19)20)7-12(11)16(13)18/h1-7,18H. The predicted octanol–water partition coefficient (Wildman–Crippen LogP) is 3.61. The molecule has 1 heterocycles. The van der Waals surface area contributed by atoms with Crippen LogP contribution in [0.25, 0.3) is 22.4 Å². The molecule has 0 fully saturated rings. The molecule has 3 aromatic rings. The van der Waals surface area contributed by atoms with Crippen LogP contribution < -0.4 is 0 Å². The van der Waals surface area contributed by atoms with Crippen LogP contribution in [0, 0.1) is 10.1 Å². The molecule has 0 aliphatic heterocycles. The Balaban J connectivity index is 2.20. The van der Waals surface area contributed by atoms with E-state index >= 15 is 0 Å². The fourth-order valence-corrected chi connectivity index (χ4v) is 2.22. The Morgan fingerprint density at radius 3 is 2.55 bits per heavy atom. The zero-order chi connectivity index (χ0) is 14.3. The van der Waals surface area contributed by atoms with Crippen LogP contribution in [-0.4, -0.2) is 19.8 Å². The first-order valence-corrected chi connectivity index (χ1v) is 6.47. The van der Waals surface area contributed by atoms with E-state index in [1.807, 2.05) is 12.1 Å². The maximum atomic E-state index is 10.8. The van der Waals surface area contributed by atoms with Gasteiger partial charge in [-0.3, -0.25) is 10.1 Å². The summed E-state index contributed by atoms with van der Waals surface area (Å²) in [6.07, 6.45) is 0. The molecule has 0 saturated carbocycles. The van der Waals surface area contributed by atoms with Gasteiger partial charge in [0.05, 0.1) is 10.4 Å². The lowest BCUT2D eigenvalue weighted by Crippen LogP contribution is -1.94. The van der Waals surface area contributed by atoms with Gasteiger partial charge in [0.2, 0.25) is 0 Å². The lowest BCUT2D eigenvalue weighted by molar-refractivity contribution is -0.384. The van der Waals surface area contributed by atoms with Crippen molar-refractivity contribution in [3.8, 4) is 11.4 Å². The second-order valence-corrected chi connectivity index (χ2v) is 5.10. The first-order valence-electron chi connectivity index (χ1n) is 5.68. The quantitative estimate of drug-likeness (QED) is 0.441. The number of nitrogens with zero attached hydrogens (tertiary/aromatic N) is 3. The second-order valence-electron chi connectivity index (χ2n) is 4.18. The highest BCUT2D eigenvalue weighted by Gasteiger charge is 2.15. The van der Waals surface area contributed by atoms with E-state index in [1.165, 1.54) is 18.2 Å². The van der Waals surface area contributed by atoms with Gasteiger partial charge in [0.25, 0.3) is 5.69 Å². The van der Waals surface area contributed by atoms with Crippen LogP contribution in [0.4, 0.5) is 5.69 Å². The Labute approximate surface area is 121 Å². The monoisotopic (exact) mass is 333 g/mol. The molecule has 20 heavy (non-hydrogen) atoms. The molecule has 1 aromatic heterocycles. The number of non-ortho nitro benzene ring substituents is 1. The summed E-state index contributed by atoms with van der Waals surface area (Å²) in [7, 11) is 0. The molecule has 1 N–H and O–H groups in total. The van der Waals surface area contributed by atoms with E-state index in [1.54, 1.807) is 12.1 Å². The summed E-state index contributed by atoms with van der Waals surface area (Å²) < 4.78 is 1.78. The molecule has 6 nitrogen and oxygen atoms in total. The van der Waals surface area contributed by atoms with Gasteiger partial charge in [-0.15, -0.1) is 0 Å². The molecule has 0 bridgehead atoms. The molecule has 2 aromatic carbocycles. The molecule has 0 unspecified atom stereocenters. The van der Waals surface area contributed by atoms with Crippen molar-refractivity contribution in [3.63, 3.8) is 0 Å². The van der Waals surface area contributed by atoms with E-state index in [-0.39, 0.29) is 5.69 Å². The Morgan fingerprint density at radius 2 is 1.90 bits per heavy atom. The average molecular weight is 334 g/mol. The van der Waals surface area contributed by atoms with Crippen LogP contribution in [0.2, 0.25) is 0 Å². The van der Waals surface area contributed by atoms with Crippen molar-refractivity contribution in [2.45, 2.75) is 0 Å². The average Bonchev–Trinajstić information content (AvgIpc) is 2.76. The van der Waals surface area contributed by atoms with Gasteiger partial charge in [-0.05, 0) is 18.2 Å². The summed E-state index contributed by atoms with van der Waals surface area (Å²) in [4.78, 5) is 14.5. The summed E-state index contributed by atoms with van der Waals surface area (Å²) in [5.41, 5.74) is 1.43. The normalized spacial score (nSPS) is 10.8. The van der Waals surface area contributed by atoms with Crippen molar-refractivity contribution >= 4 is 32.7 Å². The maximum absolute atomic E-state index is 10.8. The smallest absolute Gasteiger partial charge is 0.271 e. The van der Waals surface area contributed by atoms with Crippen molar-refractivity contribution in [2.75, 3.05) is 0 Å². The topological polar surface area (TPSA) is 81.2 Å². The minimum atomic E-state index is -0.508. The molecule has 0 atom stereocenters. The van der Waals surface area contributed by atoms with Gasteiger partial charge >= 0.3 is 0 Å². The van der Waals surface area contributed by atoms with Gasteiger partial charge < -0.3 is 5.21 Å². The second kappa shape index (κ2) is 4.61. The van der Waals surface area contributed by atoms with Crippen LogP contribution >= 0.6 is 15.9 Å². The number of fused-ring (bicyclic) bond motifs is 1. The molecule has 0 radical (unpaired) electrons. The van der Waals surface area contributed by atoms with Crippen LogP contribution in [0.3, 0.4) is 0 Å². The van der Waals surface area contributed by atoms with E-state index in [4.69, 9.17) is 0 Å². The minimum Gasteiger partial charge on any atom is -0.426 e. The number of imidazole rings is 1. The lowest BCUT2D eigenvalue weighted by Gasteiger charge is -2.01. The SMILES string of the molecule is O=[N+]([O-])c1ccc2nc(-c3ccc(Br)cc3)n(O)c2c1. The number of nitro benzene ring substituents is 1. The van der Waals surface area contributed by atoms with Crippen molar-refractivity contribution in [3.05, 3.63) is 57.1 Å². The van der Waals surface area contributed by atoms with E-state index in [0.29, 0.717) is 16.9 Å². The number of rotatable bonds is 2. The summed E-state index contributed by atoms with van der Waals surface area (Å²) >= 11 is 3.33. The molecule has 3 rings (SSSR count). The third-order valence-electron chi connectivity index (χ3n) is 2.93. The van der Waals surface area contributed by atoms with E-state index in [0.717, 1.165) is 14.8 Å². The highest BCUT2D eigenvalue weighted by atomic mass is 79.9. The molecular weight excluding hydrogens is 326 g/mol. The van der Waals surface area contributed by atoms with E-state index < -0.39 is 4.92 Å². The molecule has 0 aliphatic carbocycles. The highest BCUT2D eigenvalue weighted by Crippen LogP contribution is 2.27. The predicted molar refractivity (Wildman–Crippen MR) is 76.7 cm³/mol. The number of hydrogen-bond donors (Lipinski definition) is 1. The third-order valence-corrected chi connectivity index (χ3v) is 3.46. The Hall–Kier alpha value is -2.41. The molecule has 0 aliphatic rings. The van der Waals surface area contributed by atoms with Gasteiger partial charge in [0, 0.05) is 22.2 Å². The summed E-state index contributed by atoms with van der Waals surface area (Å²) in [6, 6.07) is 11.4. The Kier molecular flexibility index (Phi) is 2.90. The minimum absolute atomic E-state index is 0.0879. The number of aromatic nitrogens is 2. The summed E-state index contributed by atoms with van der Waals surface area (Å²) in [6.45, 7) is 0. The molecule has 0 spiro atoms. The van der Waals surface area contributed by atoms with Crippen molar-refractivity contribution in [1.82, 2.24) is 9.71 Å². The number of benzene rings is 2. The first kappa shape index (κ1) is 12.6. The largest absolute Gasteiger partial charge is 0.426 e. The Bertz CT molecular complexity index is 812. The van der Waals surface area contributed by atoms with Gasteiger partial charge in [-0.1, -0.05) is 28.1 Å². The fourth-order valence-electron chi connectivity index (χ4n) is 1.95. The molecule has 7 heteroatoms. The molecule has 0 saturated heterocycles. The summed E-state index contributed by atoms with van der Waals surface area (Å²) in [5.74, 6) is 0.341. The van der Waals surface area contributed by atoms with Gasteiger partial charge in [-0.2, -0.15) is 4.73 Å². The van der Waals surface area contributed by atoms with E-state index in [9.17, 15) is 15.3 Å². The van der Waals surface area contributed by atoms with Crippen LogP contribution in [0.1, 0.15) is 0 Å². The number of nitro groups is 1. The molecular formula is C13H8BrN3O3. The number of halogens is 1.